The normalized spacial score (nSPS) is 17.1. The zero-order chi connectivity index (χ0) is 24.1. The van der Waals surface area contributed by atoms with Gasteiger partial charge in [-0.15, -0.1) is 0 Å². The van der Waals surface area contributed by atoms with E-state index in [2.05, 4.69) is 5.32 Å². The summed E-state index contributed by atoms with van der Waals surface area (Å²) in [6.07, 6.45) is 1.89. The van der Waals surface area contributed by atoms with E-state index in [4.69, 9.17) is 18.9 Å². The van der Waals surface area contributed by atoms with Crippen LogP contribution in [-0.2, 0) is 14.3 Å². The molecule has 34 heavy (non-hydrogen) atoms. The number of hydrogen-bond donors (Lipinski definition) is 1. The minimum Gasteiger partial charge on any atom is -0.493 e. The van der Waals surface area contributed by atoms with Gasteiger partial charge in [-0.3, -0.25) is 19.3 Å². The number of nitrogens with zero attached hydrogens (tertiary/aromatic N) is 1. The predicted octanol–water partition coefficient (Wildman–Crippen LogP) is 2.29. The first-order valence-electron chi connectivity index (χ1n) is 11.2. The standard InChI is InChI=1S/C25H28N2O7/c1-16-5-7-22(23(10-16)31-2)33-14-20(28)17-6-8-21-19(11-17)27(25(30)15-34-21)13-24(29)26-12-18-4-3-9-32-18/h5-8,10-11,18H,3-4,9,12-15H2,1-2H3,(H,26,29). The van der Waals surface area contributed by atoms with Gasteiger partial charge in [-0.05, 0) is 55.7 Å². The maximum atomic E-state index is 12.8. The van der Waals surface area contributed by atoms with Crippen LogP contribution in [-0.4, -0.2) is 63.7 Å². The van der Waals surface area contributed by atoms with Gasteiger partial charge in [-0.2, -0.15) is 0 Å². The molecule has 1 unspecified atom stereocenters. The number of amides is 2. The zero-order valence-corrected chi connectivity index (χ0v) is 19.3. The Kier molecular flexibility index (Phi) is 7.32. The highest BCUT2D eigenvalue weighted by atomic mass is 16.5. The number of rotatable bonds is 9. The number of Topliss-reactive ketones (excluding diaryl/α,β-unsaturated/α-hetero) is 1. The highest BCUT2D eigenvalue weighted by molar-refractivity contribution is 6.04. The van der Waals surface area contributed by atoms with Crippen molar-refractivity contribution in [3.8, 4) is 17.2 Å². The molecule has 1 atom stereocenters. The largest absolute Gasteiger partial charge is 0.493 e. The van der Waals surface area contributed by atoms with Crippen LogP contribution in [0.3, 0.4) is 0 Å². The Morgan fingerprint density at radius 2 is 2.03 bits per heavy atom. The average molecular weight is 469 g/mol. The van der Waals surface area contributed by atoms with Crippen molar-refractivity contribution in [3.63, 3.8) is 0 Å². The van der Waals surface area contributed by atoms with Crippen LogP contribution in [0.15, 0.2) is 36.4 Å². The molecule has 1 saturated heterocycles. The van der Waals surface area contributed by atoms with Crippen molar-refractivity contribution in [2.75, 3.05) is 44.9 Å². The van der Waals surface area contributed by atoms with Crippen LogP contribution in [0.2, 0.25) is 0 Å². The summed E-state index contributed by atoms with van der Waals surface area (Å²) in [4.78, 5) is 39.2. The molecule has 180 valence electrons. The first-order chi connectivity index (χ1) is 16.4. The fourth-order valence-corrected chi connectivity index (χ4v) is 3.90. The molecule has 0 bridgehead atoms. The van der Waals surface area contributed by atoms with Crippen LogP contribution in [0.4, 0.5) is 5.69 Å². The van der Waals surface area contributed by atoms with E-state index in [1.165, 1.54) is 12.0 Å². The number of methoxy groups -OCH3 is 1. The van der Waals surface area contributed by atoms with Gasteiger partial charge < -0.3 is 24.3 Å². The minimum absolute atomic E-state index is 0.00741. The number of aryl methyl sites for hydroxylation is 1. The van der Waals surface area contributed by atoms with Crippen molar-refractivity contribution in [2.24, 2.45) is 0 Å². The molecule has 2 aromatic rings. The van der Waals surface area contributed by atoms with Gasteiger partial charge in [0.15, 0.2) is 30.5 Å². The van der Waals surface area contributed by atoms with E-state index < -0.39 is 0 Å². The van der Waals surface area contributed by atoms with E-state index >= 15 is 0 Å². The van der Waals surface area contributed by atoms with Gasteiger partial charge >= 0.3 is 0 Å². The highest BCUT2D eigenvalue weighted by Crippen LogP contribution is 2.33. The fourth-order valence-electron chi connectivity index (χ4n) is 3.90. The molecule has 9 nitrogen and oxygen atoms in total. The summed E-state index contributed by atoms with van der Waals surface area (Å²) in [7, 11) is 1.54. The lowest BCUT2D eigenvalue weighted by molar-refractivity contribution is -0.125. The Morgan fingerprint density at radius 3 is 2.79 bits per heavy atom. The van der Waals surface area contributed by atoms with Gasteiger partial charge in [0.2, 0.25) is 5.91 Å². The van der Waals surface area contributed by atoms with Crippen LogP contribution in [0.1, 0.15) is 28.8 Å². The van der Waals surface area contributed by atoms with E-state index in [0.29, 0.717) is 41.7 Å². The van der Waals surface area contributed by atoms with Gasteiger partial charge in [-0.1, -0.05) is 6.07 Å². The number of carbonyl (C=O) groups is 3. The van der Waals surface area contributed by atoms with Gasteiger partial charge in [-0.25, -0.2) is 0 Å². The molecule has 4 rings (SSSR count). The average Bonchev–Trinajstić information content (AvgIpc) is 3.37. The summed E-state index contributed by atoms with van der Waals surface area (Å²) in [6.45, 7) is 2.49. The quantitative estimate of drug-likeness (QED) is 0.563. The third-order valence-corrected chi connectivity index (χ3v) is 5.75. The summed E-state index contributed by atoms with van der Waals surface area (Å²) in [5.74, 6) is 0.489. The second kappa shape index (κ2) is 10.6. The van der Waals surface area contributed by atoms with Crippen molar-refractivity contribution in [1.29, 1.82) is 0 Å². The minimum atomic E-state index is -0.356. The van der Waals surface area contributed by atoms with Gasteiger partial charge in [0.25, 0.3) is 5.91 Å². The van der Waals surface area contributed by atoms with Crippen molar-refractivity contribution < 1.29 is 33.3 Å². The third-order valence-electron chi connectivity index (χ3n) is 5.75. The van der Waals surface area contributed by atoms with Crippen molar-refractivity contribution in [2.45, 2.75) is 25.9 Å². The molecule has 2 aliphatic heterocycles. The topological polar surface area (TPSA) is 103 Å². The number of nitrogens with one attached hydrogen (secondary N) is 1. The van der Waals surface area contributed by atoms with E-state index in [1.54, 1.807) is 24.3 Å². The Labute approximate surface area is 197 Å². The molecule has 0 aromatic heterocycles. The molecule has 0 saturated carbocycles. The Morgan fingerprint density at radius 1 is 1.18 bits per heavy atom. The molecule has 9 heteroatoms. The number of ketones is 1. The summed E-state index contributed by atoms with van der Waals surface area (Å²) in [5.41, 5.74) is 1.73. The highest BCUT2D eigenvalue weighted by Gasteiger charge is 2.29. The second-order valence-electron chi connectivity index (χ2n) is 8.26. The van der Waals surface area contributed by atoms with Crippen molar-refractivity contribution >= 4 is 23.3 Å². The molecule has 0 radical (unpaired) electrons. The molecule has 1 fully saturated rings. The van der Waals surface area contributed by atoms with Gasteiger partial charge in [0, 0.05) is 18.7 Å². The molecular formula is C25H28N2O7. The molecule has 0 spiro atoms. The number of anilines is 1. The number of carbonyl (C=O) groups excluding carboxylic acids is 3. The fraction of sp³-hybridized carbons (Fsp3) is 0.400. The third kappa shape index (κ3) is 5.48. The summed E-state index contributed by atoms with van der Waals surface area (Å²) >= 11 is 0. The molecule has 2 aliphatic rings. The SMILES string of the molecule is COc1cc(C)ccc1OCC(=O)c1ccc2c(c1)N(CC(=O)NCC1CCCO1)C(=O)CO2. The van der Waals surface area contributed by atoms with Crippen LogP contribution in [0.25, 0.3) is 0 Å². The van der Waals surface area contributed by atoms with Crippen LogP contribution in [0, 0.1) is 6.92 Å². The molecular weight excluding hydrogens is 440 g/mol. The number of benzene rings is 2. The molecule has 2 aromatic carbocycles. The lowest BCUT2D eigenvalue weighted by Crippen LogP contribution is -2.46. The van der Waals surface area contributed by atoms with Crippen molar-refractivity contribution in [1.82, 2.24) is 5.32 Å². The Hall–Kier alpha value is -3.59. The van der Waals surface area contributed by atoms with Gasteiger partial charge in [0.1, 0.15) is 12.3 Å². The maximum absolute atomic E-state index is 12.8. The van der Waals surface area contributed by atoms with Crippen molar-refractivity contribution in [3.05, 3.63) is 47.5 Å². The van der Waals surface area contributed by atoms with E-state index in [0.717, 1.165) is 18.4 Å². The zero-order valence-electron chi connectivity index (χ0n) is 19.3. The Balaban J connectivity index is 1.43. The van der Waals surface area contributed by atoms with Crippen LogP contribution < -0.4 is 24.4 Å². The van der Waals surface area contributed by atoms with Crippen LogP contribution >= 0.6 is 0 Å². The van der Waals surface area contributed by atoms with E-state index in [-0.39, 0.29) is 43.5 Å². The first kappa shape index (κ1) is 23.6. The summed E-state index contributed by atoms with van der Waals surface area (Å²) in [6, 6.07) is 10.2. The maximum Gasteiger partial charge on any atom is 0.265 e. The monoisotopic (exact) mass is 468 g/mol. The lowest BCUT2D eigenvalue weighted by atomic mass is 10.1. The number of ether oxygens (including phenoxy) is 4. The van der Waals surface area contributed by atoms with E-state index in [1.807, 2.05) is 19.1 Å². The van der Waals surface area contributed by atoms with Crippen LogP contribution in [0.5, 0.6) is 17.2 Å². The molecule has 1 N–H and O–H groups in total. The van der Waals surface area contributed by atoms with E-state index in [9.17, 15) is 14.4 Å². The number of fused-ring (bicyclic) bond motifs is 1. The first-order valence-corrected chi connectivity index (χ1v) is 11.2. The lowest BCUT2D eigenvalue weighted by Gasteiger charge is -2.29. The molecule has 0 aliphatic carbocycles. The summed E-state index contributed by atoms with van der Waals surface area (Å²) in [5, 5.41) is 2.82. The smallest absolute Gasteiger partial charge is 0.265 e. The Bertz CT molecular complexity index is 1080. The molecule has 2 heterocycles. The van der Waals surface area contributed by atoms with Gasteiger partial charge in [0.05, 0.1) is 18.9 Å². The summed E-state index contributed by atoms with van der Waals surface area (Å²) < 4.78 is 22.0. The predicted molar refractivity (Wildman–Crippen MR) is 124 cm³/mol. The second-order valence-corrected chi connectivity index (χ2v) is 8.26. The molecule has 2 amide bonds. The number of hydrogen-bond acceptors (Lipinski definition) is 7.